The zero-order chi connectivity index (χ0) is 18.7. The molecule has 1 aromatic carbocycles. The third-order valence-corrected chi connectivity index (χ3v) is 4.22. The Hall–Kier alpha value is -2.81. The summed E-state index contributed by atoms with van der Waals surface area (Å²) in [5.74, 6) is 0.218. The number of nitrogens with zero attached hydrogens (tertiary/aromatic N) is 4. The van der Waals surface area contributed by atoms with Gasteiger partial charge in [0.25, 0.3) is 0 Å². The lowest BCUT2D eigenvalue weighted by atomic mass is 10.2. The number of nitro groups is 1. The number of nitro benzene ring substituents is 1. The van der Waals surface area contributed by atoms with Crippen LogP contribution < -0.4 is 16.0 Å². The summed E-state index contributed by atoms with van der Waals surface area (Å²) in [4.78, 5) is 21.2. The Labute approximate surface area is 150 Å². The van der Waals surface area contributed by atoms with Crippen LogP contribution in [0.5, 0.6) is 0 Å². The molecule has 1 atom stereocenters. The van der Waals surface area contributed by atoms with Gasteiger partial charge in [0, 0.05) is 42.6 Å². The molecule has 0 saturated carbocycles. The van der Waals surface area contributed by atoms with E-state index >= 15 is 0 Å². The molecular weight excluding hydrogens is 339 g/mol. The van der Waals surface area contributed by atoms with E-state index in [1.165, 1.54) is 6.07 Å². The third-order valence-electron chi connectivity index (χ3n) is 4.22. The number of aromatic nitrogens is 2. The summed E-state index contributed by atoms with van der Waals surface area (Å²) in [5.41, 5.74) is 6.62. The lowest BCUT2D eigenvalue weighted by Gasteiger charge is -2.18. The first-order valence-corrected chi connectivity index (χ1v) is 8.55. The average Bonchev–Trinajstić information content (AvgIpc) is 3.03. The molecule has 1 aromatic heterocycles. The van der Waals surface area contributed by atoms with Crippen LogP contribution in [0, 0.1) is 15.9 Å². The van der Waals surface area contributed by atoms with Gasteiger partial charge in [0.05, 0.1) is 4.92 Å². The fraction of sp³-hybridized carbons (Fsp3) is 0.412. The fourth-order valence-corrected chi connectivity index (χ4v) is 2.94. The number of anilines is 3. The van der Waals surface area contributed by atoms with Crippen molar-refractivity contribution in [3.05, 3.63) is 45.9 Å². The number of hydrogen-bond acceptors (Lipinski definition) is 7. The zero-order valence-corrected chi connectivity index (χ0v) is 14.5. The molecule has 0 spiro atoms. The molecule has 138 valence electrons. The highest BCUT2D eigenvalue weighted by atomic mass is 19.1. The maximum atomic E-state index is 13.5. The summed E-state index contributed by atoms with van der Waals surface area (Å²) >= 11 is 0. The van der Waals surface area contributed by atoms with E-state index in [4.69, 9.17) is 5.73 Å². The van der Waals surface area contributed by atoms with Crippen LogP contribution in [0.1, 0.15) is 25.5 Å². The second-order valence-electron chi connectivity index (χ2n) is 6.33. The first-order valence-electron chi connectivity index (χ1n) is 8.55. The van der Waals surface area contributed by atoms with Gasteiger partial charge in [-0.15, -0.1) is 0 Å². The molecule has 1 aliphatic rings. The summed E-state index contributed by atoms with van der Waals surface area (Å²) in [5, 5.41) is 13.9. The van der Waals surface area contributed by atoms with Gasteiger partial charge in [0.2, 0.25) is 11.8 Å². The second kappa shape index (κ2) is 7.61. The van der Waals surface area contributed by atoms with Gasteiger partial charge in [0.1, 0.15) is 5.82 Å². The maximum Gasteiger partial charge on any atom is 0.306 e. The molecule has 3 rings (SSSR count). The summed E-state index contributed by atoms with van der Waals surface area (Å²) in [6.45, 7) is 3.61. The van der Waals surface area contributed by atoms with Gasteiger partial charge in [-0.05, 0) is 25.0 Å². The Morgan fingerprint density at radius 3 is 2.88 bits per heavy atom. The molecule has 0 radical (unpaired) electrons. The quantitative estimate of drug-likeness (QED) is 0.602. The number of nitrogens with one attached hydrogen (secondary N) is 1. The fourth-order valence-electron chi connectivity index (χ4n) is 2.94. The Morgan fingerprint density at radius 2 is 2.23 bits per heavy atom. The van der Waals surface area contributed by atoms with Crippen LogP contribution in [0.2, 0.25) is 0 Å². The minimum absolute atomic E-state index is 0.121. The van der Waals surface area contributed by atoms with Crippen LogP contribution in [0.15, 0.2) is 24.3 Å². The van der Waals surface area contributed by atoms with E-state index in [1.807, 2.05) is 6.07 Å². The summed E-state index contributed by atoms with van der Waals surface area (Å²) in [6.07, 6.45) is 2.62. The molecule has 26 heavy (non-hydrogen) atoms. The monoisotopic (exact) mass is 360 g/mol. The molecule has 0 unspecified atom stereocenters. The number of rotatable bonds is 6. The SMILES string of the molecule is CCCc1cc(N2CC[C@H](N)C2)nc(Nc2ccc(F)c([N+](=O)[O-])c2)n1. The number of halogens is 1. The topological polar surface area (TPSA) is 110 Å². The van der Waals surface area contributed by atoms with Crippen LogP contribution in [0.3, 0.4) is 0 Å². The predicted octanol–water partition coefficient (Wildman–Crippen LogP) is 2.76. The van der Waals surface area contributed by atoms with Crippen LogP contribution in [0.4, 0.5) is 27.5 Å². The van der Waals surface area contributed by atoms with Gasteiger partial charge in [-0.25, -0.2) is 4.98 Å². The summed E-state index contributed by atoms with van der Waals surface area (Å²) in [6, 6.07) is 5.67. The Morgan fingerprint density at radius 1 is 1.42 bits per heavy atom. The molecule has 8 nitrogen and oxygen atoms in total. The van der Waals surface area contributed by atoms with Crippen molar-refractivity contribution in [3.63, 3.8) is 0 Å². The molecule has 2 aromatic rings. The van der Waals surface area contributed by atoms with E-state index in [0.29, 0.717) is 11.6 Å². The number of hydrogen-bond donors (Lipinski definition) is 2. The van der Waals surface area contributed by atoms with Crippen molar-refractivity contribution < 1.29 is 9.31 Å². The van der Waals surface area contributed by atoms with Crippen molar-refractivity contribution in [1.82, 2.24) is 9.97 Å². The molecule has 1 fully saturated rings. The molecule has 1 saturated heterocycles. The van der Waals surface area contributed by atoms with E-state index in [-0.39, 0.29) is 6.04 Å². The van der Waals surface area contributed by atoms with Gasteiger partial charge in [-0.1, -0.05) is 13.3 Å². The number of aryl methyl sites for hydroxylation is 1. The lowest BCUT2D eigenvalue weighted by Crippen LogP contribution is -2.27. The smallest absolute Gasteiger partial charge is 0.306 e. The molecule has 1 aliphatic heterocycles. The molecule has 9 heteroatoms. The average molecular weight is 360 g/mol. The van der Waals surface area contributed by atoms with E-state index in [2.05, 4.69) is 27.1 Å². The van der Waals surface area contributed by atoms with Crippen molar-refractivity contribution in [1.29, 1.82) is 0 Å². The third kappa shape index (κ3) is 4.05. The van der Waals surface area contributed by atoms with Crippen LogP contribution in [-0.2, 0) is 6.42 Å². The van der Waals surface area contributed by atoms with Crippen LogP contribution >= 0.6 is 0 Å². The molecule has 0 amide bonds. The molecule has 3 N–H and O–H groups in total. The normalized spacial score (nSPS) is 16.7. The highest BCUT2D eigenvalue weighted by molar-refractivity contribution is 5.59. The molecular formula is C17H21FN6O2. The highest BCUT2D eigenvalue weighted by Crippen LogP contribution is 2.25. The minimum atomic E-state index is -0.882. The van der Waals surface area contributed by atoms with Gasteiger partial charge in [0.15, 0.2) is 0 Å². The van der Waals surface area contributed by atoms with E-state index in [1.54, 1.807) is 0 Å². The minimum Gasteiger partial charge on any atom is -0.355 e. The first kappa shape index (κ1) is 18.0. The standard InChI is InChI=1S/C17H21FN6O2/c1-2-3-12-9-16(23-7-6-11(19)10-23)22-17(20-12)21-13-4-5-14(18)15(8-13)24(25)26/h4-5,8-9,11H,2-3,6-7,10,19H2,1H3,(H,20,21,22)/t11-/m0/s1. The first-order chi connectivity index (χ1) is 12.5. The maximum absolute atomic E-state index is 13.5. The van der Waals surface area contributed by atoms with E-state index in [9.17, 15) is 14.5 Å². The van der Waals surface area contributed by atoms with Crippen LogP contribution in [0.25, 0.3) is 0 Å². The molecule has 2 heterocycles. The van der Waals surface area contributed by atoms with E-state index < -0.39 is 16.4 Å². The number of benzene rings is 1. The Balaban J connectivity index is 1.90. The van der Waals surface area contributed by atoms with E-state index in [0.717, 1.165) is 56.0 Å². The van der Waals surface area contributed by atoms with Crippen molar-refractivity contribution in [2.75, 3.05) is 23.3 Å². The Kier molecular flexibility index (Phi) is 5.27. The summed E-state index contributed by atoms with van der Waals surface area (Å²) < 4.78 is 13.5. The van der Waals surface area contributed by atoms with Gasteiger partial charge >= 0.3 is 5.69 Å². The van der Waals surface area contributed by atoms with Crippen molar-refractivity contribution in [2.45, 2.75) is 32.2 Å². The van der Waals surface area contributed by atoms with Gasteiger partial charge < -0.3 is 16.0 Å². The van der Waals surface area contributed by atoms with Crippen molar-refractivity contribution >= 4 is 23.1 Å². The zero-order valence-electron chi connectivity index (χ0n) is 14.5. The summed E-state index contributed by atoms with van der Waals surface area (Å²) in [7, 11) is 0. The van der Waals surface area contributed by atoms with Gasteiger partial charge in [-0.2, -0.15) is 9.37 Å². The largest absolute Gasteiger partial charge is 0.355 e. The van der Waals surface area contributed by atoms with Crippen LogP contribution in [-0.4, -0.2) is 34.0 Å². The van der Waals surface area contributed by atoms with Crippen molar-refractivity contribution in [2.24, 2.45) is 5.73 Å². The highest BCUT2D eigenvalue weighted by Gasteiger charge is 2.22. The van der Waals surface area contributed by atoms with Gasteiger partial charge in [-0.3, -0.25) is 10.1 Å². The number of nitrogens with two attached hydrogens (primary N) is 1. The second-order valence-corrected chi connectivity index (χ2v) is 6.33. The predicted molar refractivity (Wildman–Crippen MR) is 97.2 cm³/mol. The lowest BCUT2D eigenvalue weighted by molar-refractivity contribution is -0.387. The van der Waals surface area contributed by atoms with Crippen molar-refractivity contribution in [3.8, 4) is 0 Å². The molecule has 0 aliphatic carbocycles. The molecule has 0 bridgehead atoms. The Bertz CT molecular complexity index is 816.